The first-order chi connectivity index (χ1) is 13.9. The third kappa shape index (κ3) is 7.71. The van der Waals surface area contributed by atoms with Crippen molar-refractivity contribution in [3.8, 4) is 0 Å². The highest BCUT2D eigenvalue weighted by Gasteiger charge is 2.12. The Hall–Kier alpha value is -3.26. The predicted molar refractivity (Wildman–Crippen MR) is 108 cm³/mol. The highest BCUT2D eigenvalue weighted by molar-refractivity contribution is 5.95. The van der Waals surface area contributed by atoms with Crippen LogP contribution in [-0.4, -0.2) is 49.4 Å². The van der Waals surface area contributed by atoms with E-state index >= 15 is 0 Å². The number of carbonyl (C=O) groups excluding carboxylic acids is 3. The molecule has 0 fully saturated rings. The molecule has 2 aromatic rings. The van der Waals surface area contributed by atoms with E-state index < -0.39 is 5.97 Å². The van der Waals surface area contributed by atoms with Crippen molar-refractivity contribution in [3.63, 3.8) is 0 Å². The Labute approximate surface area is 168 Å². The molecule has 0 saturated heterocycles. The van der Waals surface area contributed by atoms with Gasteiger partial charge < -0.3 is 15.4 Å². The zero-order valence-corrected chi connectivity index (χ0v) is 16.4. The normalized spacial score (nSPS) is 10.5. The fraction of sp³-hybridized carbons (Fsp3) is 0.286. The summed E-state index contributed by atoms with van der Waals surface area (Å²) < 4.78 is 17.9. The van der Waals surface area contributed by atoms with E-state index in [9.17, 15) is 18.8 Å². The smallest absolute Gasteiger partial charge is 0.338 e. The number of rotatable bonds is 9. The fourth-order valence-electron chi connectivity index (χ4n) is 2.45. The lowest BCUT2D eigenvalue weighted by atomic mass is 10.2. The van der Waals surface area contributed by atoms with Gasteiger partial charge in [-0.1, -0.05) is 6.92 Å². The SMILES string of the molecule is CCCOC(=O)c1ccc(NC(=O)CN(C)CC(=O)Nc2ccc(F)cc2)cc1. The van der Waals surface area contributed by atoms with Crippen LogP contribution in [0.1, 0.15) is 23.7 Å². The second kappa shape index (κ2) is 10.9. The average Bonchev–Trinajstić information content (AvgIpc) is 2.68. The molecule has 2 rings (SSSR count). The number of ether oxygens (including phenoxy) is 1. The summed E-state index contributed by atoms with van der Waals surface area (Å²) >= 11 is 0. The lowest BCUT2D eigenvalue weighted by Crippen LogP contribution is -2.36. The molecule has 0 aliphatic carbocycles. The Morgan fingerprint density at radius 3 is 1.86 bits per heavy atom. The number of esters is 1. The largest absolute Gasteiger partial charge is 0.462 e. The molecule has 29 heavy (non-hydrogen) atoms. The summed E-state index contributed by atoms with van der Waals surface area (Å²) in [7, 11) is 1.64. The van der Waals surface area contributed by atoms with Crippen LogP contribution in [0.4, 0.5) is 15.8 Å². The molecule has 0 aliphatic heterocycles. The van der Waals surface area contributed by atoms with E-state index in [-0.39, 0.29) is 30.7 Å². The minimum atomic E-state index is -0.406. The molecule has 8 heteroatoms. The van der Waals surface area contributed by atoms with Gasteiger partial charge in [-0.15, -0.1) is 0 Å². The molecule has 154 valence electrons. The molecule has 0 aliphatic rings. The molecule has 0 aromatic heterocycles. The van der Waals surface area contributed by atoms with Crippen LogP contribution in [0.5, 0.6) is 0 Å². The van der Waals surface area contributed by atoms with Crippen LogP contribution in [0.25, 0.3) is 0 Å². The molecule has 2 N–H and O–H groups in total. The van der Waals surface area contributed by atoms with Crippen LogP contribution in [0.15, 0.2) is 48.5 Å². The summed E-state index contributed by atoms with van der Waals surface area (Å²) in [5, 5.41) is 5.34. The summed E-state index contributed by atoms with van der Waals surface area (Å²) in [6, 6.07) is 11.8. The van der Waals surface area contributed by atoms with Gasteiger partial charge in [0.15, 0.2) is 0 Å². The second-order valence-corrected chi connectivity index (χ2v) is 6.49. The molecule has 0 bridgehead atoms. The quantitative estimate of drug-likeness (QED) is 0.631. The Balaban J connectivity index is 1.78. The molecule has 2 aromatic carbocycles. The molecule has 2 amide bonds. The second-order valence-electron chi connectivity index (χ2n) is 6.49. The van der Waals surface area contributed by atoms with Crippen molar-refractivity contribution < 1.29 is 23.5 Å². The number of hydrogen-bond acceptors (Lipinski definition) is 5. The molecule has 0 heterocycles. The third-order valence-corrected chi connectivity index (χ3v) is 3.80. The summed E-state index contributed by atoms with van der Waals surface area (Å²) in [6.45, 7) is 2.26. The fourth-order valence-corrected chi connectivity index (χ4v) is 2.45. The van der Waals surface area contributed by atoms with Crippen molar-refractivity contribution in [1.82, 2.24) is 4.90 Å². The zero-order chi connectivity index (χ0) is 21.2. The number of amides is 2. The van der Waals surface area contributed by atoms with E-state index in [2.05, 4.69) is 10.6 Å². The van der Waals surface area contributed by atoms with Gasteiger partial charge in [0.2, 0.25) is 11.8 Å². The summed E-state index contributed by atoms with van der Waals surface area (Å²) in [5.74, 6) is -1.41. The van der Waals surface area contributed by atoms with Crippen LogP contribution in [0.2, 0.25) is 0 Å². The first-order valence-corrected chi connectivity index (χ1v) is 9.18. The first kappa shape index (κ1) is 22.0. The van der Waals surface area contributed by atoms with Gasteiger partial charge in [0.25, 0.3) is 0 Å². The number of benzene rings is 2. The molecule has 0 atom stereocenters. The van der Waals surface area contributed by atoms with E-state index in [4.69, 9.17) is 4.74 Å². The summed E-state index contributed by atoms with van der Waals surface area (Å²) in [5.41, 5.74) is 1.42. The van der Waals surface area contributed by atoms with Crippen LogP contribution in [0.3, 0.4) is 0 Å². The standard InChI is InChI=1S/C21H24FN3O4/c1-3-12-29-21(28)15-4-8-17(9-5-15)23-19(26)13-25(2)14-20(27)24-18-10-6-16(22)7-11-18/h4-11H,3,12-14H2,1-2H3,(H,23,26)(H,24,27). The van der Waals surface area contributed by atoms with Crippen molar-refractivity contribution in [2.75, 3.05) is 37.4 Å². The van der Waals surface area contributed by atoms with Gasteiger partial charge in [-0.2, -0.15) is 0 Å². The van der Waals surface area contributed by atoms with Gasteiger partial charge >= 0.3 is 5.97 Å². The van der Waals surface area contributed by atoms with E-state index in [1.54, 1.807) is 36.2 Å². The van der Waals surface area contributed by atoms with Gasteiger partial charge in [0.1, 0.15) is 5.82 Å². The minimum Gasteiger partial charge on any atom is -0.462 e. The van der Waals surface area contributed by atoms with Gasteiger partial charge in [0.05, 0.1) is 25.3 Å². The van der Waals surface area contributed by atoms with Gasteiger partial charge in [0, 0.05) is 11.4 Å². The van der Waals surface area contributed by atoms with E-state index in [1.807, 2.05) is 6.92 Å². The van der Waals surface area contributed by atoms with Crippen molar-refractivity contribution in [2.24, 2.45) is 0 Å². The predicted octanol–water partition coefficient (Wildman–Crippen LogP) is 2.90. The number of carbonyl (C=O) groups is 3. The van der Waals surface area contributed by atoms with Crippen molar-refractivity contribution in [2.45, 2.75) is 13.3 Å². The Kier molecular flexibility index (Phi) is 8.29. The summed E-state index contributed by atoms with van der Waals surface area (Å²) in [4.78, 5) is 37.5. The van der Waals surface area contributed by atoms with Crippen molar-refractivity contribution in [3.05, 3.63) is 59.9 Å². The van der Waals surface area contributed by atoms with Crippen LogP contribution >= 0.6 is 0 Å². The highest BCUT2D eigenvalue weighted by Crippen LogP contribution is 2.11. The molecular formula is C21H24FN3O4. The Bertz CT molecular complexity index is 838. The maximum Gasteiger partial charge on any atom is 0.338 e. The van der Waals surface area contributed by atoms with Crippen LogP contribution < -0.4 is 10.6 Å². The number of anilines is 2. The highest BCUT2D eigenvalue weighted by atomic mass is 19.1. The van der Waals surface area contributed by atoms with Gasteiger partial charge in [-0.3, -0.25) is 14.5 Å². The monoisotopic (exact) mass is 401 g/mol. The minimum absolute atomic E-state index is 0.00285. The maximum absolute atomic E-state index is 12.9. The lowest BCUT2D eigenvalue weighted by Gasteiger charge is -2.16. The third-order valence-electron chi connectivity index (χ3n) is 3.80. The number of halogens is 1. The number of nitrogens with zero attached hydrogens (tertiary/aromatic N) is 1. The van der Waals surface area contributed by atoms with Crippen LogP contribution in [-0.2, 0) is 14.3 Å². The number of likely N-dealkylation sites (N-methyl/N-ethyl adjacent to an activating group) is 1. The van der Waals surface area contributed by atoms with Gasteiger partial charge in [-0.25, -0.2) is 9.18 Å². The Morgan fingerprint density at radius 1 is 0.897 bits per heavy atom. The molecule has 0 radical (unpaired) electrons. The Morgan fingerprint density at radius 2 is 1.38 bits per heavy atom. The number of nitrogens with one attached hydrogen (secondary N) is 2. The first-order valence-electron chi connectivity index (χ1n) is 9.18. The molecular weight excluding hydrogens is 377 g/mol. The van der Waals surface area contributed by atoms with Crippen molar-refractivity contribution >= 4 is 29.2 Å². The lowest BCUT2D eigenvalue weighted by molar-refractivity contribution is -0.119. The molecule has 0 unspecified atom stereocenters. The zero-order valence-electron chi connectivity index (χ0n) is 16.4. The average molecular weight is 401 g/mol. The number of hydrogen-bond donors (Lipinski definition) is 2. The molecule has 0 spiro atoms. The topological polar surface area (TPSA) is 87.7 Å². The van der Waals surface area contributed by atoms with Crippen LogP contribution in [0, 0.1) is 5.82 Å². The molecule has 0 saturated carbocycles. The van der Waals surface area contributed by atoms with Gasteiger partial charge in [-0.05, 0) is 62.0 Å². The van der Waals surface area contributed by atoms with Crippen molar-refractivity contribution in [1.29, 1.82) is 0 Å². The van der Waals surface area contributed by atoms with E-state index in [1.165, 1.54) is 24.3 Å². The summed E-state index contributed by atoms with van der Waals surface area (Å²) in [6.07, 6.45) is 0.745. The van der Waals surface area contributed by atoms with E-state index in [0.29, 0.717) is 23.5 Å². The maximum atomic E-state index is 12.9. The van der Waals surface area contributed by atoms with E-state index in [0.717, 1.165) is 6.42 Å². The molecule has 7 nitrogen and oxygen atoms in total.